The van der Waals surface area contributed by atoms with Gasteiger partial charge < -0.3 is 27.8 Å². The molecule has 36 heavy (non-hydrogen) atoms. The van der Waals surface area contributed by atoms with E-state index in [-0.39, 0.29) is 46.7 Å². The minimum Gasteiger partial charge on any atom is -0.411 e. The molecular formula is C28H54O6Si2. The molecule has 8 atom stereocenters. The molecule has 0 saturated carbocycles. The quantitative estimate of drug-likeness (QED) is 0.221. The summed E-state index contributed by atoms with van der Waals surface area (Å²) in [4.78, 5) is 0. The molecule has 4 aliphatic rings. The summed E-state index contributed by atoms with van der Waals surface area (Å²) in [6.07, 6.45) is 7.66. The molecule has 210 valence electrons. The zero-order valence-corrected chi connectivity index (χ0v) is 26.7. The molecule has 4 heterocycles. The number of hydrogen-bond acceptors (Lipinski definition) is 6. The molecule has 8 heteroatoms. The molecular weight excluding hydrogens is 488 g/mol. The van der Waals surface area contributed by atoms with Crippen LogP contribution in [0, 0.1) is 0 Å². The fraction of sp³-hybridized carbons (Fsp3) is 1.00. The number of ether oxygens (including phenoxy) is 4. The second kappa shape index (κ2) is 10.6. The standard InChI is InChI=1S/C28H54O6Si2/c1-27(2,3)35(7,8)33-23(19-11-13-21(31-19)25-17-29-25)15-16-24(34-36(9,10)28(4,5)6)20-12-14-22(32-20)26-18-30-26/h19-26H,11-18H2,1-10H3/t19-,20-,21+,22+,23-,24-,25-,26+/m0/s1. The summed E-state index contributed by atoms with van der Waals surface area (Å²) in [5.74, 6) is 0. The monoisotopic (exact) mass is 542 g/mol. The first-order valence-corrected chi connectivity index (χ1v) is 20.3. The van der Waals surface area contributed by atoms with Crippen LogP contribution in [-0.4, -0.2) is 78.7 Å². The summed E-state index contributed by atoms with van der Waals surface area (Å²) in [6.45, 7) is 25.1. The lowest BCUT2D eigenvalue weighted by atomic mass is 9.99. The Morgan fingerprint density at radius 1 is 0.611 bits per heavy atom. The van der Waals surface area contributed by atoms with Gasteiger partial charge in [0.05, 0.1) is 49.8 Å². The van der Waals surface area contributed by atoms with Crippen molar-refractivity contribution in [3.05, 3.63) is 0 Å². The van der Waals surface area contributed by atoms with E-state index in [4.69, 9.17) is 27.8 Å². The molecule has 0 aromatic rings. The highest BCUT2D eigenvalue weighted by atomic mass is 28.4. The minimum atomic E-state index is -1.96. The van der Waals surface area contributed by atoms with Crippen LogP contribution in [0.4, 0.5) is 0 Å². The van der Waals surface area contributed by atoms with Gasteiger partial charge >= 0.3 is 0 Å². The minimum absolute atomic E-state index is 0.0872. The van der Waals surface area contributed by atoms with Gasteiger partial charge in [0.15, 0.2) is 16.6 Å². The van der Waals surface area contributed by atoms with Crippen molar-refractivity contribution in [3.8, 4) is 0 Å². The highest BCUT2D eigenvalue weighted by molar-refractivity contribution is 6.74. The fourth-order valence-corrected chi connectivity index (χ4v) is 7.85. The van der Waals surface area contributed by atoms with Crippen LogP contribution in [0.5, 0.6) is 0 Å². The zero-order chi connectivity index (χ0) is 26.5. The molecule has 0 N–H and O–H groups in total. The summed E-state index contributed by atoms with van der Waals surface area (Å²) < 4.78 is 38.4. The molecule has 0 amide bonds. The average Bonchev–Trinajstić information content (AvgIpc) is 3.68. The Bertz CT molecular complexity index is 675. The average molecular weight is 543 g/mol. The summed E-state index contributed by atoms with van der Waals surface area (Å²) in [6, 6.07) is 0. The Hall–Kier alpha value is 0.194. The lowest BCUT2D eigenvalue weighted by Gasteiger charge is -2.43. The van der Waals surface area contributed by atoms with Crippen molar-refractivity contribution < 1.29 is 27.8 Å². The second-order valence-corrected chi connectivity index (χ2v) is 24.2. The molecule has 0 aromatic carbocycles. The van der Waals surface area contributed by atoms with E-state index >= 15 is 0 Å². The van der Waals surface area contributed by atoms with Crippen molar-refractivity contribution in [2.75, 3.05) is 13.2 Å². The maximum atomic E-state index is 7.08. The van der Waals surface area contributed by atoms with E-state index in [9.17, 15) is 0 Å². The SMILES string of the molecule is CC(C)(C)[Si](C)(C)O[C@@H](CC[C@H](O[Si](C)(C)C(C)(C)C)[C@@H]1CC[C@H]([C@H]2CO2)O1)[C@@H]1CC[C@H]([C@@H]2CO2)O1. The smallest absolute Gasteiger partial charge is 0.192 e. The molecule has 0 unspecified atom stereocenters. The van der Waals surface area contributed by atoms with Gasteiger partial charge in [-0.3, -0.25) is 0 Å². The van der Waals surface area contributed by atoms with Crippen LogP contribution in [0.3, 0.4) is 0 Å². The summed E-state index contributed by atoms with van der Waals surface area (Å²) in [7, 11) is -3.92. The summed E-state index contributed by atoms with van der Waals surface area (Å²) >= 11 is 0. The Balaban J connectivity index is 1.48. The molecule has 0 aromatic heterocycles. The summed E-state index contributed by atoms with van der Waals surface area (Å²) in [5, 5.41) is 0.317. The van der Waals surface area contributed by atoms with E-state index in [1.54, 1.807) is 0 Å². The first kappa shape index (κ1) is 29.2. The van der Waals surface area contributed by atoms with E-state index in [1.807, 2.05) is 0 Å². The van der Waals surface area contributed by atoms with Gasteiger partial charge in [-0.05, 0) is 74.8 Å². The van der Waals surface area contributed by atoms with Crippen molar-refractivity contribution in [3.63, 3.8) is 0 Å². The molecule has 0 radical (unpaired) electrons. The first-order chi connectivity index (χ1) is 16.6. The Morgan fingerprint density at radius 3 is 1.22 bits per heavy atom. The van der Waals surface area contributed by atoms with Crippen LogP contribution in [0.1, 0.15) is 80.1 Å². The predicted octanol–water partition coefficient (Wildman–Crippen LogP) is 6.44. The van der Waals surface area contributed by atoms with E-state index < -0.39 is 16.6 Å². The van der Waals surface area contributed by atoms with Gasteiger partial charge in [-0.15, -0.1) is 0 Å². The zero-order valence-electron chi connectivity index (χ0n) is 24.7. The molecule has 0 aliphatic carbocycles. The molecule has 0 bridgehead atoms. The highest BCUT2D eigenvalue weighted by Gasteiger charge is 2.48. The highest BCUT2D eigenvalue weighted by Crippen LogP contribution is 2.43. The Kier molecular flexibility index (Phi) is 8.62. The number of epoxide rings is 2. The number of hydrogen-bond donors (Lipinski definition) is 0. The van der Waals surface area contributed by atoms with Gasteiger partial charge in [0.1, 0.15) is 12.2 Å². The van der Waals surface area contributed by atoms with Gasteiger partial charge in [-0.2, -0.15) is 0 Å². The van der Waals surface area contributed by atoms with Crippen LogP contribution < -0.4 is 0 Å². The van der Waals surface area contributed by atoms with E-state index in [0.29, 0.717) is 12.2 Å². The van der Waals surface area contributed by atoms with Crippen molar-refractivity contribution in [1.82, 2.24) is 0 Å². The Labute approximate surface area is 222 Å². The number of rotatable bonds is 11. The lowest BCUT2D eigenvalue weighted by molar-refractivity contribution is -0.0586. The van der Waals surface area contributed by atoms with Crippen molar-refractivity contribution in [1.29, 1.82) is 0 Å². The predicted molar refractivity (Wildman–Crippen MR) is 149 cm³/mol. The molecule has 6 nitrogen and oxygen atoms in total. The van der Waals surface area contributed by atoms with Gasteiger partial charge in [-0.25, -0.2) is 0 Å². The Morgan fingerprint density at radius 2 is 0.944 bits per heavy atom. The van der Waals surface area contributed by atoms with E-state index in [1.165, 1.54) is 0 Å². The van der Waals surface area contributed by atoms with Gasteiger partial charge in [-0.1, -0.05) is 41.5 Å². The van der Waals surface area contributed by atoms with E-state index in [0.717, 1.165) is 51.7 Å². The molecule has 0 spiro atoms. The van der Waals surface area contributed by atoms with Crippen molar-refractivity contribution >= 4 is 16.6 Å². The molecule has 4 fully saturated rings. The van der Waals surface area contributed by atoms with E-state index in [2.05, 4.69) is 67.7 Å². The second-order valence-electron chi connectivity index (χ2n) is 14.7. The van der Waals surface area contributed by atoms with Crippen molar-refractivity contribution in [2.45, 2.75) is 165 Å². The van der Waals surface area contributed by atoms with Crippen LogP contribution in [0.15, 0.2) is 0 Å². The third-order valence-electron chi connectivity index (χ3n) is 9.79. The van der Waals surface area contributed by atoms with Crippen LogP contribution in [0.25, 0.3) is 0 Å². The van der Waals surface area contributed by atoms with Crippen LogP contribution >= 0.6 is 0 Å². The van der Waals surface area contributed by atoms with Gasteiger partial charge in [0.25, 0.3) is 0 Å². The lowest BCUT2D eigenvalue weighted by Crippen LogP contribution is -2.49. The molecule has 4 saturated heterocycles. The van der Waals surface area contributed by atoms with Crippen LogP contribution in [0.2, 0.25) is 36.3 Å². The third kappa shape index (κ3) is 7.03. The maximum absolute atomic E-state index is 7.08. The van der Waals surface area contributed by atoms with Crippen molar-refractivity contribution in [2.24, 2.45) is 0 Å². The molecule has 4 aliphatic heterocycles. The summed E-state index contributed by atoms with van der Waals surface area (Å²) in [5.41, 5.74) is 0. The topological polar surface area (TPSA) is 62.0 Å². The van der Waals surface area contributed by atoms with Gasteiger partial charge in [0, 0.05) is 0 Å². The normalized spacial score (nSPS) is 35.2. The van der Waals surface area contributed by atoms with Crippen LogP contribution in [-0.2, 0) is 27.8 Å². The third-order valence-corrected chi connectivity index (χ3v) is 18.8. The fourth-order valence-electron chi connectivity index (χ4n) is 5.09. The van der Waals surface area contributed by atoms with Gasteiger partial charge in [0.2, 0.25) is 0 Å². The maximum Gasteiger partial charge on any atom is 0.192 e. The molecule has 4 rings (SSSR count). The largest absolute Gasteiger partial charge is 0.411 e. The first-order valence-electron chi connectivity index (χ1n) is 14.5.